The number of amides is 2. The first-order valence-corrected chi connectivity index (χ1v) is 10.7. The summed E-state index contributed by atoms with van der Waals surface area (Å²) in [5, 5.41) is 5.81. The molecule has 1 aliphatic carbocycles. The average Bonchev–Trinajstić information content (AvgIpc) is 3.35. The summed E-state index contributed by atoms with van der Waals surface area (Å²) in [7, 11) is 0. The van der Waals surface area contributed by atoms with Crippen LogP contribution in [0.1, 0.15) is 48.8 Å². The molecule has 0 aliphatic heterocycles. The van der Waals surface area contributed by atoms with Crippen molar-refractivity contribution < 1.29 is 9.59 Å². The first kappa shape index (κ1) is 20.8. The molecule has 2 N–H and O–H groups in total. The number of hydrogen-bond donors (Lipinski definition) is 2. The van der Waals surface area contributed by atoms with Gasteiger partial charge in [0.05, 0.1) is 16.6 Å². The Hall–Kier alpha value is -3.42. The van der Waals surface area contributed by atoms with Crippen LogP contribution in [0.25, 0.3) is 11.0 Å². The Labute approximate surface area is 180 Å². The van der Waals surface area contributed by atoms with Gasteiger partial charge < -0.3 is 19.8 Å². The Balaban J connectivity index is 1.48. The van der Waals surface area contributed by atoms with E-state index in [-0.39, 0.29) is 30.0 Å². The third kappa shape index (κ3) is 4.52. The van der Waals surface area contributed by atoms with Crippen molar-refractivity contribution in [2.75, 3.05) is 5.32 Å². The van der Waals surface area contributed by atoms with Crippen LogP contribution in [-0.2, 0) is 17.9 Å². The number of anilines is 1. The molecule has 162 valence electrons. The Bertz CT molecular complexity index is 1190. The van der Waals surface area contributed by atoms with Crippen molar-refractivity contribution in [1.29, 1.82) is 0 Å². The maximum absolute atomic E-state index is 12.8. The largest absolute Gasteiger partial charge is 0.352 e. The van der Waals surface area contributed by atoms with E-state index in [1.54, 1.807) is 0 Å². The summed E-state index contributed by atoms with van der Waals surface area (Å²) >= 11 is 0. The second kappa shape index (κ2) is 8.75. The van der Waals surface area contributed by atoms with Crippen molar-refractivity contribution in [3.63, 3.8) is 0 Å². The average molecular weight is 422 g/mol. The lowest BCUT2D eigenvalue weighted by Gasteiger charge is -2.13. The predicted molar refractivity (Wildman–Crippen MR) is 119 cm³/mol. The quantitative estimate of drug-likeness (QED) is 0.639. The van der Waals surface area contributed by atoms with Gasteiger partial charge in [-0.25, -0.2) is 4.98 Å². The Morgan fingerprint density at radius 3 is 2.68 bits per heavy atom. The van der Waals surface area contributed by atoms with Gasteiger partial charge in [-0.1, -0.05) is 12.8 Å². The number of aryl methyl sites for hydroxylation is 2. The van der Waals surface area contributed by atoms with Crippen molar-refractivity contribution in [3.8, 4) is 0 Å². The van der Waals surface area contributed by atoms with E-state index in [0.29, 0.717) is 11.3 Å². The molecule has 4 rings (SSSR count). The monoisotopic (exact) mass is 421 g/mol. The molecule has 0 unspecified atom stereocenters. The van der Waals surface area contributed by atoms with E-state index in [0.717, 1.165) is 49.1 Å². The topological polar surface area (TPSA) is 98.0 Å². The van der Waals surface area contributed by atoms with Gasteiger partial charge in [-0.05, 0) is 51.0 Å². The van der Waals surface area contributed by atoms with Crippen LogP contribution in [0.3, 0.4) is 0 Å². The van der Waals surface area contributed by atoms with E-state index in [1.807, 2.05) is 25.1 Å². The Morgan fingerprint density at radius 2 is 1.94 bits per heavy atom. The molecule has 2 heterocycles. The number of hydrogen-bond acceptors (Lipinski definition) is 4. The minimum absolute atomic E-state index is 0.101. The van der Waals surface area contributed by atoms with Crippen molar-refractivity contribution >= 4 is 28.5 Å². The SMILES string of the molecule is CCn1c(C)nc2cc(NC(=O)c3ccc(=O)n(CC(=O)NC4CCCC4)c3)ccc21. The molecule has 31 heavy (non-hydrogen) atoms. The van der Waals surface area contributed by atoms with E-state index in [2.05, 4.69) is 27.1 Å². The number of nitrogens with one attached hydrogen (secondary N) is 2. The molecule has 8 nitrogen and oxygen atoms in total. The predicted octanol–water partition coefficient (Wildman–Crippen LogP) is 2.84. The summed E-state index contributed by atoms with van der Waals surface area (Å²) in [4.78, 5) is 41.8. The van der Waals surface area contributed by atoms with Gasteiger partial charge in [0.15, 0.2) is 0 Å². The van der Waals surface area contributed by atoms with Gasteiger partial charge >= 0.3 is 0 Å². The lowest BCUT2D eigenvalue weighted by Crippen LogP contribution is -2.37. The summed E-state index contributed by atoms with van der Waals surface area (Å²) < 4.78 is 3.38. The van der Waals surface area contributed by atoms with Crippen LogP contribution in [0.2, 0.25) is 0 Å². The highest BCUT2D eigenvalue weighted by Gasteiger charge is 2.18. The van der Waals surface area contributed by atoms with Crippen LogP contribution in [-0.4, -0.2) is 32.0 Å². The molecule has 0 atom stereocenters. The minimum atomic E-state index is -0.351. The second-order valence-corrected chi connectivity index (χ2v) is 7.99. The van der Waals surface area contributed by atoms with Crippen LogP contribution < -0.4 is 16.2 Å². The molecular weight excluding hydrogens is 394 g/mol. The number of nitrogens with zero attached hydrogens (tertiary/aromatic N) is 3. The fourth-order valence-electron chi connectivity index (χ4n) is 4.22. The lowest BCUT2D eigenvalue weighted by atomic mass is 10.2. The fourth-order valence-corrected chi connectivity index (χ4v) is 4.22. The molecular formula is C23H27N5O3. The minimum Gasteiger partial charge on any atom is -0.352 e. The summed E-state index contributed by atoms with van der Waals surface area (Å²) in [6, 6.07) is 8.56. The number of aromatic nitrogens is 3. The zero-order chi connectivity index (χ0) is 22.0. The number of carbonyl (C=O) groups is 2. The fraction of sp³-hybridized carbons (Fsp3) is 0.391. The first-order valence-electron chi connectivity index (χ1n) is 10.7. The van der Waals surface area contributed by atoms with Crippen molar-refractivity contribution in [1.82, 2.24) is 19.4 Å². The van der Waals surface area contributed by atoms with E-state index < -0.39 is 0 Å². The zero-order valence-corrected chi connectivity index (χ0v) is 17.9. The van der Waals surface area contributed by atoms with Crippen LogP contribution in [0.4, 0.5) is 5.69 Å². The number of pyridine rings is 1. The third-order valence-corrected chi connectivity index (χ3v) is 5.79. The van der Waals surface area contributed by atoms with Crippen molar-refractivity contribution in [3.05, 3.63) is 58.3 Å². The summed E-state index contributed by atoms with van der Waals surface area (Å²) in [5.41, 5.74) is 2.43. The van der Waals surface area contributed by atoms with E-state index in [9.17, 15) is 14.4 Å². The van der Waals surface area contributed by atoms with Gasteiger partial charge in [0.25, 0.3) is 11.5 Å². The zero-order valence-electron chi connectivity index (χ0n) is 17.9. The lowest BCUT2D eigenvalue weighted by molar-refractivity contribution is -0.122. The van der Waals surface area contributed by atoms with Gasteiger partial charge in [0.1, 0.15) is 12.4 Å². The highest BCUT2D eigenvalue weighted by Crippen LogP contribution is 2.21. The highest BCUT2D eigenvalue weighted by atomic mass is 16.2. The summed E-state index contributed by atoms with van der Waals surface area (Å²) in [5.74, 6) is 0.360. The molecule has 0 saturated heterocycles. The van der Waals surface area contributed by atoms with Crippen molar-refractivity contribution in [2.45, 2.75) is 58.7 Å². The van der Waals surface area contributed by atoms with Gasteiger partial charge in [-0.2, -0.15) is 0 Å². The molecule has 0 radical (unpaired) electrons. The molecule has 1 fully saturated rings. The smallest absolute Gasteiger partial charge is 0.257 e. The van der Waals surface area contributed by atoms with Crippen LogP contribution in [0, 0.1) is 6.92 Å². The van der Waals surface area contributed by atoms with Crippen LogP contribution >= 0.6 is 0 Å². The van der Waals surface area contributed by atoms with E-state index in [1.165, 1.54) is 22.9 Å². The van der Waals surface area contributed by atoms with Gasteiger partial charge in [-0.3, -0.25) is 14.4 Å². The number of benzene rings is 1. The normalized spacial score (nSPS) is 14.1. The molecule has 2 aromatic heterocycles. The number of rotatable bonds is 6. The maximum atomic E-state index is 12.8. The summed E-state index contributed by atoms with van der Waals surface area (Å²) in [6.45, 7) is 4.74. The third-order valence-electron chi connectivity index (χ3n) is 5.79. The highest BCUT2D eigenvalue weighted by molar-refractivity contribution is 6.04. The van der Waals surface area contributed by atoms with E-state index >= 15 is 0 Å². The molecule has 2 amide bonds. The van der Waals surface area contributed by atoms with E-state index in [4.69, 9.17) is 0 Å². The first-order chi connectivity index (χ1) is 14.9. The molecule has 3 aromatic rings. The number of imidazole rings is 1. The maximum Gasteiger partial charge on any atom is 0.257 e. The molecule has 1 aliphatic rings. The molecule has 1 aromatic carbocycles. The Morgan fingerprint density at radius 1 is 1.16 bits per heavy atom. The molecule has 0 bridgehead atoms. The second-order valence-electron chi connectivity index (χ2n) is 7.99. The van der Waals surface area contributed by atoms with Crippen molar-refractivity contribution in [2.24, 2.45) is 0 Å². The van der Waals surface area contributed by atoms with Gasteiger partial charge in [-0.15, -0.1) is 0 Å². The molecule has 1 saturated carbocycles. The summed E-state index contributed by atoms with van der Waals surface area (Å²) in [6.07, 6.45) is 5.61. The van der Waals surface area contributed by atoms with Gasteiger partial charge in [0, 0.05) is 30.5 Å². The number of fused-ring (bicyclic) bond motifs is 1. The van der Waals surface area contributed by atoms with Gasteiger partial charge in [0.2, 0.25) is 5.91 Å². The standard InChI is InChI=1S/C23H27N5O3/c1-3-28-15(2)24-19-12-18(9-10-20(19)28)26-23(31)16-8-11-22(30)27(13-16)14-21(29)25-17-6-4-5-7-17/h8-13,17H,3-7,14H2,1-2H3,(H,25,29)(H,26,31). The number of carbonyl (C=O) groups excluding carboxylic acids is 2. The molecule has 0 spiro atoms. The molecule has 8 heteroatoms. The van der Waals surface area contributed by atoms with Crippen LogP contribution in [0.15, 0.2) is 41.3 Å². The Kier molecular flexibility index (Phi) is 5.88. The van der Waals surface area contributed by atoms with Crippen LogP contribution in [0.5, 0.6) is 0 Å².